The zero-order valence-corrected chi connectivity index (χ0v) is 10.5. The van der Waals surface area contributed by atoms with Crippen molar-refractivity contribution in [3.05, 3.63) is 31.1 Å². The van der Waals surface area contributed by atoms with Gasteiger partial charge in [-0.3, -0.25) is 0 Å². The number of aromatic nitrogens is 2. The van der Waals surface area contributed by atoms with E-state index in [1.54, 1.807) is 0 Å². The van der Waals surface area contributed by atoms with E-state index in [-0.39, 0.29) is 4.75 Å². The van der Waals surface area contributed by atoms with Gasteiger partial charge in [-0.05, 0) is 31.2 Å². The van der Waals surface area contributed by atoms with Gasteiger partial charge in [0.15, 0.2) is 5.16 Å². The minimum atomic E-state index is 0.281. The molecule has 1 aliphatic rings. The third kappa shape index (κ3) is 2.29. The third-order valence-electron chi connectivity index (χ3n) is 3.46. The maximum absolute atomic E-state index is 4.32. The molecule has 1 aliphatic carbocycles. The smallest absolute Gasteiger partial charge is 0.188 e. The molecule has 0 radical (unpaired) electrons. The van der Waals surface area contributed by atoms with E-state index in [1.165, 1.54) is 19.3 Å². The second-order valence-electron chi connectivity index (χ2n) is 4.48. The molecule has 2 nitrogen and oxygen atoms in total. The zero-order chi connectivity index (χ0) is 11.4. The molecule has 0 N–H and O–H groups in total. The first kappa shape index (κ1) is 11.6. The first-order valence-corrected chi connectivity index (χ1v) is 6.65. The van der Waals surface area contributed by atoms with E-state index in [4.69, 9.17) is 0 Å². The summed E-state index contributed by atoms with van der Waals surface area (Å²) in [5, 5.41) is 0.901. The molecule has 1 saturated carbocycles. The van der Waals surface area contributed by atoms with Crippen LogP contribution in [0, 0.1) is 5.92 Å². The van der Waals surface area contributed by atoms with Crippen LogP contribution in [0.3, 0.4) is 0 Å². The van der Waals surface area contributed by atoms with E-state index in [0.29, 0.717) is 0 Å². The molecule has 1 heterocycles. The van der Waals surface area contributed by atoms with Gasteiger partial charge in [0.2, 0.25) is 0 Å². The number of hydrogen-bond acceptors (Lipinski definition) is 3. The second kappa shape index (κ2) is 5.00. The average Bonchev–Trinajstić information content (AvgIpc) is 2.62. The van der Waals surface area contributed by atoms with Crippen molar-refractivity contribution in [1.82, 2.24) is 9.97 Å². The normalized spacial score (nSPS) is 29.2. The summed E-state index contributed by atoms with van der Waals surface area (Å²) in [5.41, 5.74) is 0. The van der Waals surface area contributed by atoms with Gasteiger partial charge >= 0.3 is 0 Å². The van der Waals surface area contributed by atoms with Gasteiger partial charge in [0, 0.05) is 17.1 Å². The van der Waals surface area contributed by atoms with Gasteiger partial charge in [-0.2, -0.15) is 0 Å². The maximum atomic E-state index is 4.32. The van der Waals surface area contributed by atoms with Crippen LogP contribution in [-0.4, -0.2) is 14.7 Å². The Hall–Kier alpha value is -0.830. The van der Waals surface area contributed by atoms with Gasteiger partial charge in [-0.25, -0.2) is 9.97 Å². The van der Waals surface area contributed by atoms with Crippen molar-refractivity contribution in [2.24, 2.45) is 5.92 Å². The lowest BCUT2D eigenvalue weighted by molar-refractivity contribution is 0.470. The first-order valence-electron chi connectivity index (χ1n) is 5.84. The summed E-state index contributed by atoms with van der Waals surface area (Å²) in [4.78, 5) is 8.64. The van der Waals surface area contributed by atoms with Crippen molar-refractivity contribution in [2.75, 3.05) is 0 Å². The number of thioether (sulfide) groups is 1. The van der Waals surface area contributed by atoms with E-state index in [2.05, 4.69) is 23.5 Å². The largest absolute Gasteiger partial charge is 0.231 e. The molecule has 3 heteroatoms. The highest BCUT2D eigenvalue weighted by Gasteiger charge is 2.40. The number of allylic oxidation sites excluding steroid dienone is 1. The molecule has 2 rings (SSSR count). The molecule has 16 heavy (non-hydrogen) atoms. The Morgan fingerprint density at radius 3 is 2.88 bits per heavy atom. The Morgan fingerprint density at radius 2 is 2.31 bits per heavy atom. The Morgan fingerprint density at radius 1 is 1.56 bits per heavy atom. The molecule has 0 unspecified atom stereocenters. The monoisotopic (exact) mass is 234 g/mol. The van der Waals surface area contributed by atoms with Crippen LogP contribution in [0.25, 0.3) is 0 Å². The quantitative estimate of drug-likeness (QED) is 0.587. The Labute approximate surface area is 102 Å². The average molecular weight is 234 g/mol. The van der Waals surface area contributed by atoms with Gasteiger partial charge in [-0.1, -0.05) is 31.2 Å². The Bertz CT molecular complexity index is 352. The van der Waals surface area contributed by atoms with E-state index < -0.39 is 0 Å². The molecule has 0 saturated heterocycles. The summed E-state index contributed by atoms with van der Waals surface area (Å²) in [6.45, 7) is 6.23. The second-order valence-corrected chi connectivity index (χ2v) is 5.87. The van der Waals surface area contributed by atoms with Gasteiger partial charge in [0.25, 0.3) is 0 Å². The Kier molecular flexibility index (Phi) is 3.64. The fraction of sp³-hybridized carbons (Fsp3) is 0.538. The highest BCUT2D eigenvalue weighted by Crippen LogP contribution is 2.50. The zero-order valence-electron chi connectivity index (χ0n) is 9.72. The van der Waals surface area contributed by atoms with Crippen LogP contribution >= 0.6 is 11.8 Å². The lowest BCUT2D eigenvalue weighted by atomic mass is 9.93. The number of rotatable bonds is 4. The summed E-state index contributed by atoms with van der Waals surface area (Å²) in [6.07, 6.45) is 10.6. The summed E-state index contributed by atoms with van der Waals surface area (Å²) >= 11 is 1.84. The van der Waals surface area contributed by atoms with Crippen LogP contribution in [0.4, 0.5) is 0 Å². The highest BCUT2D eigenvalue weighted by atomic mass is 32.2. The number of hydrogen-bond donors (Lipinski definition) is 0. The highest BCUT2D eigenvalue weighted by molar-refractivity contribution is 8.00. The van der Waals surface area contributed by atoms with E-state index in [9.17, 15) is 0 Å². The molecule has 1 aromatic heterocycles. The molecular formula is C13H18N2S. The van der Waals surface area contributed by atoms with Gasteiger partial charge in [0.1, 0.15) is 0 Å². The molecule has 0 spiro atoms. The molecular weight excluding hydrogens is 216 g/mol. The van der Waals surface area contributed by atoms with Crippen molar-refractivity contribution in [3.63, 3.8) is 0 Å². The van der Waals surface area contributed by atoms with Gasteiger partial charge < -0.3 is 0 Å². The molecule has 86 valence electrons. The predicted octanol–water partition coefficient (Wildman–Crippen LogP) is 3.70. The van der Waals surface area contributed by atoms with Crippen LogP contribution in [0.5, 0.6) is 0 Å². The number of nitrogens with zero attached hydrogens (tertiary/aromatic N) is 2. The maximum Gasteiger partial charge on any atom is 0.188 e. The molecule has 0 amide bonds. The summed E-state index contributed by atoms with van der Waals surface area (Å²) in [7, 11) is 0. The minimum absolute atomic E-state index is 0.281. The van der Waals surface area contributed by atoms with Crippen LogP contribution < -0.4 is 0 Å². The lowest BCUT2D eigenvalue weighted by Crippen LogP contribution is -2.27. The van der Waals surface area contributed by atoms with Crippen LogP contribution in [0.1, 0.15) is 32.6 Å². The summed E-state index contributed by atoms with van der Waals surface area (Å²) < 4.78 is 0.281. The lowest BCUT2D eigenvalue weighted by Gasteiger charge is -2.31. The molecule has 0 bridgehead atoms. The summed E-state index contributed by atoms with van der Waals surface area (Å²) in [5.74, 6) is 0.722. The van der Waals surface area contributed by atoms with E-state index in [0.717, 1.165) is 17.5 Å². The van der Waals surface area contributed by atoms with E-state index >= 15 is 0 Å². The molecule has 0 aromatic carbocycles. The van der Waals surface area contributed by atoms with Crippen molar-refractivity contribution < 1.29 is 0 Å². The van der Waals surface area contributed by atoms with Crippen LogP contribution in [0.2, 0.25) is 0 Å². The molecule has 1 aromatic rings. The SMILES string of the molecule is C=CC[C@]1(Sc2ncccn2)CCC[C@H]1C. The first-order chi connectivity index (χ1) is 7.77. The van der Waals surface area contributed by atoms with Crippen LogP contribution in [-0.2, 0) is 0 Å². The fourth-order valence-electron chi connectivity index (χ4n) is 2.48. The Balaban J connectivity index is 2.17. The van der Waals surface area contributed by atoms with Crippen LogP contribution in [0.15, 0.2) is 36.3 Å². The standard InChI is InChI=1S/C13H18N2S/c1-3-7-13(8-4-6-11(13)2)16-12-14-9-5-10-15-12/h3,5,9-11H,1,4,6-8H2,2H3/t11-,13+/m1/s1. The summed E-state index contributed by atoms with van der Waals surface area (Å²) in [6, 6.07) is 1.86. The molecule has 0 aliphatic heterocycles. The molecule has 1 fully saturated rings. The van der Waals surface area contributed by atoms with Crippen molar-refractivity contribution in [2.45, 2.75) is 42.5 Å². The minimum Gasteiger partial charge on any atom is -0.231 e. The van der Waals surface area contributed by atoms with Gasteiger partial charge in [-0.15, -0.1) is 6.58 Å². The molecule has 2 atom stereocenters. The fourth-order valence-corrected chi connectivity index (χ4v) is 3.84. The third-order valence-corrected chi connectivity index (χ3v) is 5.03. The van der Waals surface area contributed by atoms with Crippen molar-refractivity contribution in [3.8, 4) is 0 Å². The van der Waals surface area contributed by atoms with Crippen molar-refractivity contribution >= 4 is 11.8 Å². The predicted molar refractivity (Wildman–Crippen MR) is 68.4 cm³/mol. The topological polar surface area (TPSA) is 25.8 Å². The van der Waals surface area contributed by atoms with Crippen molar-refractivity contribution in [1.29, 1.82) is 0 Å². The van der Waals surface area contributed by atoms with E-state index in [1.807, 2.05) is 36.3 Å². The van der Waals surface area contributed by atoms with Gasteiger partial charge in [0.05, 0.1) is 0 Å².